The van der Waals surface area contributed by atoms with Crippen molar-refractivity contribution in [1.82, 2.24) is 9.80 Å². The third-order valence-electron chi connectivity index (χ3n) is 6.34. The smallest absolute Gasteiger partial charge is 0.165 e. The number of hydrogen-bond donors (Lipinski definition) is 1. The molecule has 4 rings (SSSR count). The molecule has 2 N–H and O–H groups in total. The van der Waals surface area contributed by atoms with Gasteiger partial charge in [-0.25, -0.2) is 8.78 Å². The molecule has 4 nitrogen and oxygen atoms in total. The predicted octanol–water partition coefficient (Wildman–Crippen LogP) is 4.30. The van der Waals surface area contributed by atoms with Crippen molar-refractivity contribution in [2.24, 2.45) is 11.7 Å². The number of halogens is 2. The maximum atomic E-state index is 13.7. The van der Waals surface area contributed by atoms with E-state index in [-0.39, 0.29) is 11.6 Å². The van der Waals surface area contributed by atoms with Gasteiger partial charge in [0.05, 0.1) is 0 Å². The van der Waals surface area contributed by atoms with Gasteiger partial charge in [0, 0.05) is 37.4 Å². The van der Waals surface area contributed by atoms with Gasteiger partial charge in [0.15, 0.2) is 11.6 Å². The van der Waals surface area contributed by atoms with Crippen molar-refractivity contribution in [2.45, 2.75) is 12.8 Å². The largest absolute Gasteiger partial charge is 0.489 e. The van der Waals surface area contributed by atoms with Crippen molar-refractivity contribution >= 4 is 5.57 Å². The topological polar surface area (TPSA) is 41.7 Å². The van der Waals surface area contributed by atoms with E-state index in [2.05, 4.69) is 22.0 Å². The molecule has 2 aliphatic rings. The molecule has 0 aromatic heterocycles. The average molecular weight is 440 g/mol. The fraction of sp³-hybridized carbons (Fsp3) is 0.385. The lowest BCUT2D eigenvalue weighted by atomic mass is 9.94. The van der Waals surface area contributed by atoms with Crippen LogP contribution in [0.3, 0.4) is 0 Å². The SMILES string of the molecule is NCC1=C(c2ccc(F)cc2)C=CCN1CC1CCN(CCOc2ccccc2F)CC1. The fourth-order valence-electron chi connectivity index (χ4n) is 4.54. The van der Waals surface area contributed by atoms with E-state index in [1.807, 2.05) is 12.1 Å². The molecule has 0 radical (unpaired) electrons. The Kier molecular flexibility index (Phi) is 7.55. The summed E-state index contributed by atoms with van der Waals surface area (Å²) in [5, 5.41) is 0. The highest BCUT2D eigenvalue weighted by atomic mass is 19.1. The Labute approximate surface area is 189 Å². The fourth-order valence-corrected chi connectivity index (χ4v) is 4.54. The summed E-state index contributed by atoms with van der Waals surface area (Å²) < 4.78 is 32.6. The number of benzene rings is 2. The molecule has 0 saturated carbocycles. The van der Waals surface area contributed by atoms with Crippen LogP contribution in [0.15, 0.2) is 66.4 Å². The first kappa shape index (κ1) is 22.5. The average Bonchev–Trinajstić information content (AvgIpc) is 2.82. The highest BCUT2D eigenvalue weighted by Crippen LogP contribution is 2.28. The zero-order valence-electron chi connectivity index (χ0n) is 18.4. The number of likely N-dealkylation sites (tertiary alicyclic amines) is 1. The van der Waals surface area contributed by atoms with E-state index < -0.39 is 0 Å². The van der Waals surface area contributed by atoms with Crippen molar-refractivity contribution in [3.63, 3.8) is 0 Å². The maximum Gasteiger partial charge on any atom is 0.165 e. The zero-order valence-corrected chi connectivity index (χ0v) is 18.4. The highest BCUT2D eigenvalue weighted by molar-refractivity contribution is 5.77. The van der Waals surface area contributed by atoms with Gasteiger partial charge in [-0.3, -0.25) is 4.90 Å². The monoisotopic (exact) mass is 439 g/mol. The van der Waals surface area contributed by atoms with Gasteiger partial charge < -0.3 is 15.4 Å². The number of hydrogen-bond acceptors (Lipinski definition) is 4. The maximum absolute atomic E-state index is 13.7. The van der Waals surface area contributed by atoms with Crippen LogP contribution >= 0.6 is 0 Å². The number of allylic oxidation sites excluding steroid dienone is 2. The van der Waals surface area contributed by atoms with E-state index in [9.17, 15) is 8.78 Å². The zero-order chi connectivity index (χ0) is 22.3. The Balaban J connectivity index is 1.28. The number of nitrogens with two attached hydrogens (primary N) is 1. The van der Waals surface area contributed by atoms with Crippen LogP contribution in [-0.4, -0.2) is 55.7 Å². The van der Waals surface area contributed by atoms with Gasteiger partial charge in [0.25, 0.3) is 0 Å². The van der Waals surface area contributed by atoms with E-state index in [1.165, 1.54) is 18.2 Å². The number of para-hydroxylation sites is 1. The summed E-state index contributed by atoms with van der Waals surface area (Å²) >= 11 is 0. The number of piperidine rings is 1. The van der Waals surface area contributed by atoms with Crippen LogP contribution in [0.5, 0.6) is 5.75 Å². The Morgan fingerprint density at radius 1 is 1.00 bits per heavy atom. The van der Waals surface area contributed by atoms with Gasteiger partial charge in [0.1, 0.15) is 12.4 Å². The third-order valence-corrected chi connectivity index (χ3v) is 6.34. The molecule has 0 unspecified atom stereocenters. The molecule has 0 spiro atoms. The molecule has 2 aromatic rings. The summed E-state index contributed by atoms with van der Waals surface area (Å²) in [5.74, 6) is 0.372. The van der Waals surface area contributed by atoms with Crippen molar-refractivity contribution in [3.05, 3.63) is 83.6 Å². The summed E-state index contributed by atoms with van der Waals surface area (Å²) in [5.41, 5.74) is 9.34. The molecule has 2 heterocycles. The van der Waals surface area contributed by atoms with E-state index in [4.69, 9.17) is 10.5 Å². The predicted molar refractivity (Wildman–Crippen MR) is 124 cm³/mol. The van der Waals surface area contributed by atoms with Crippen LogP contribution in [0.4, 0.5) is 8.78 Å². The molecule has 2 aliphatic heterocycles. The summed E-state index contributed by atoms with van der Waals surface area (Å²) in [4.78, 5) is 4.76. The Bertz CT molecular complexity index is 950. The van der Waals surface area contributed by atoms with E-state index in [0.717, 1.165) is 62.4 Å². The number of ether oxygens (including phenoxy) is 1. The number of nitrogens with zero attached hydrogens (tertiary/aromatic N) is 2. The first-order chi connectivity index (χ1) is 15.6. The van der Waals surface area contributed by atoms with Crippen LogP contribution in [0, 0.1) is 17.6 Å². The van der Waals surface area contributed by atoms with Gasteiger partial charge >= 0.3 is 0 Å². The molecule has 6 heteroatoms. The van der Waals surface area contributed by atoms with Crippen LogP contribution in [-0.2, 0) is 0 Å². The molecule has 2 aromatic carbocycles. The van der Waals surface area contributed by atoms with Gasteiger partial charge in [-0.2, -0.15) is 0 Å². The molecule has 1 saturated heterocycles. The second-order valence-electron chi connectivity index (χ2n) is 8.44. The summed E-state index contributed by atoms with van der Waals surface area (Å²) in [6.45, 7) is 5.61. The minimum Gasteiger partial charge on any atom is -0.489 e. The summed E-state index contributed by atoms with van der Waals surface area (Å²) in [6, 6.07) is 13.2. The molecule has 0 bridgehead atoms. The minimum atomic E-state index is -0.314. The van der Waals surface area contributed by atoms with Crippen molar-refractivity contribution < 1.29 is 13.5 Å². The molecule has 0 amide bonds. The number of rotatable bonds is 8. The van der Waals surface area contributed by atoms with Crippen LogP contribution < -0.4 is 10.5 Å². The molecule has 32 heavy (non-hydrogen) atoms. The van der Waals surface area contributed by atoms with Gasteiger partial charge in [0.2, 0.25) is 0 Å². The van der Waals surface area contributed by atoms with Crippen LogP contribution in [0.25, 0.3) is 5.57 Å². The van der Waals surface area contributed by atoms with Gasteiger partial charge in [-0.05, 0) is 61.7 Å². The summed E-state index contributed by atoms with van der Waals surface area (Å²) in [7, 11) is 0. The van der Waals surface area contributed by atoms with Crippen LogP contribution in [0.2, 0.25) is 0 Å². The molecule has 0 aliphatic carbocycles. The second-order valence-corrected chi connectivity index (χ2v) is 8.44. The first-order valence-electron chi connectivity index (χ1n) is 11.3. The second kappa shape index (κ2) is 10.7. The Morgan fingerprint density at radius 2 is 1.75 bits per heavy atom. The van der Waals surface area contributed by atoms with Crippen molar-refractivity contribution in [3.8, 4) is 5.75 Å². The van der Waals surface area contributed by atoms with E-state index >= 15 is 0 Å². The molecule has 170 valence electrons. The summed E-state index contributed by atoms with van der Waals surface area (Å²) in [6.07, 6.45) is 6.49. The highest BCUT2D eigenvalue weighted by Gasteiger charge is 2.24. The van der Waals surface area contributed by atoms with Gasteiger partial charge in [-0.15, -0.1) is 0 Å². The van der Waals surface area contributed by atoms with Crippen molar-refractivity contribution in [2.75, 3.05) is 45.9 Å². The molecular formula is C26H31F2N3O. The molecule has 0 atom stereocenters. The lowest BCUT2D eigenvalue weighted by molar-refractivity contribution is 0.138. The minimum absolute atomic E-state index is 0.230. The quantitative estimate of drug-likeness (QED) is 0.666. The standard InChI is InChI=1S/C26H31F2N3O/c27-22-9-7-21(8-10-22)23-4-3-13-31(25(23)18-29)19-20-11-14-30(15-12-20)16-17-32-26-6-2-1-5-24(26)28/h1-10,20H,11-19,29H2. The molecular weight excluding hydrogens is 408 g/mol. The lowest BCUT2D eigenvalue weighted by Crippen LogP contribution is -2.41. The normalized spacial score (nSPS) is 17.8. The first-order valence-corrected chi connectivity index (χ1v) is 11.3. The van der Waals surface area contributed by atoms with E-state index in [1.54, 1.807) is 18.2 Å². The Morgan fingerprint density at radius 3 is 2.47 bits per heavy atom. The lowest BCUT2D eigenvalue weighted by Gasteiger charge is -2.37. The van der Waals surface area contributed by atoms with Gasteiger partial charge in [-0.1, -0.05) is 36.4 Å². The Hall–Kier alpha value is -2.70. The molecule has 1 fully saturated rings. The van der Waals surface area contributed by atoms with E-state index in [0.29, 0.717) is 24.8 Å². The van der Waals surface area contributed by atoms with Crippen molar-refractivity contribution in [1.29, 1.82) is 0 Å². The van der Waals surface area contributed by atoms with Crippen LogP contribution in [0.1, 0.15) is 18.4 Å². The third kappa shape index (κ3) is 5.56.